The Bertz CT molecular complexity index is 983. The Labute approximate surface area is 187 Å². The van der Waals surface area contributed by atoms with E-state index in [-0.39, 0.29) is 23.8 Å². The minimum absolute atomic E-state index is 0.0219. The number of nitrogens with zero attached hydrogens (tertiary/aromatic N) is 1. The molecule has 0 aliphatic carbocycles. The lowest BCUT2D eigenvalue weighted by atomic mass is 9.94. The molecule has 3 aromatic carbocycles. The maximum atomic E-state index is 13.2. The lowest BCUT2D eigenvalue weighted by molar-refractivity contribution is -0.126. The van der Waals surface area contributed by atoms with Crippen molar-refractivity contribution in [2.75, 3.05) is 13.1 Å². The van der Waals surface area contributed by atoms with Crippen molar-refractivity contribution in [1.29, 1.82) is 0 Å². The van der Waals surface area contributed by atoms with E-state index in [9.17, 15) is 9.59 Å². The number of likely N-dealkylation sites (tertiary alicyclic amines) is 1. The molecule has 0 bridgehead atoms. The minimum Gasteiger partial charge on any atom is -0.345 e. The summed E-state index contributed by atoms with van der Waals surface area (Å²) in [6, 6.07) is 26.6. The molecule has 1 fully saturated rings. The van der Waals surface area contributed by atoms with Crippen molar-refractivity contribution in [3.05, 3.63) is 107 Å². The Hall–Kier alpha value is -3.11. The zero-order valence-corrected chi connectivity index (χ0v) is 18.0. The molecule has 0 saturated carbocycles. The topological polar surface area (TPSA) is 49.4 Å². The molecule has 1 aliphatic heterocycles. The van der Waals surface area contributed by atoms with E-state index in [2.05, 4.69) is 5.32 Å². The van der Waals surface area contributed by atoms with Crippen LogP contribution < -0.4 is 5.32 Å². The van der Waals surface area contributed by atoms with Crippen LogP contribution in [0.15, 0.2) is 84.9 Å². The van der Waals surface area contributed by atoms with Crippen LogP contribution in [-0.2, 0) is 4.79 Å². The van der Waals surface area contributed by atoms with Crippen LogP contribution in [0.3, 0.4) is 0 Å². The summed E-state index contributed by atoms with van der Waals surface area (Å²) in [7, 11) is 0. The van der Waals surface area contributed by atoms with Gasteiger partial charge in [0.05, 0.1) is 12.0 Å². The molecule has 0 spiro atoms. The van der Waals surface area contributed by atoms with Crippen LogP contribution in [-0.4, -0.2) is 29.8 Å². The molecular weight excluding hydrogens is 408 g/mol. The molecule has 1 N–H and O–H groups in total. The van der Waals surface area contributed by atoms with Gasteiger partial charge in [-0.05, 0) is 48.2 Å². The van der Waals surface area contributed by atoms with Gasteiger partial charge in [-0.25, -0.2) is 0 Å². The Morgan fingerprint density at radius 2 is 1.45 bits per heavy atom. The number of amides is 2. The first-order chi connectivity index (χ1) is 15.1. The highest BCUT2D eigenvalue weighted by Gasteiger charge is 2.30. The first kappa shape index (κ1) is 21.1. The fourth-order valence-corrected chi connectivity index (χ4v) is 4.19. The number of rotatable bonds is 5. The maximum Gasteiger partial charge on any atom is 0.253 e. The van der Waals surface area contributed by atoms with Gasteiger partial charge in [0.15, 0.2) is 0 Å². The first-order valence-corrected chi connectivity index (χ1v) is 10.9. The summed E-state index contributed by atoms with van der Waals surface area (Å²) >= 11 is 5.94. The van der Waals surface area contributed by atoms with Crippen molar-refractivity contribution in [2.24, 2.45) is 5.92 Å². The second kappa shape index (κ2) is 9.80. The number of halogens is 1. The molecule has 1 aliphatic rings. The fraction of sp³-hybridized carbons (Fsp3) is 0.231. The minimum atomic E-state index is -0.236. The van der Waals surface area contributed by atoms with E-state index in [4.69, 9.17) is 11.6 Å². The van der Waals surface area contributed by atoms with Crippen LogP contribution in [0.25, 0.3) is 0 Å². The van der Waals surface area contributed by atoms with Gasteiger partial charge in [-0.2, -0.15) is 0 Å². The highest BCUT2D eigenvalue weighted by molar-refractivity contribution is 6.30. The molecule has 1 heterocycles. The fourth-order valence-electron chi connectivity index (χ4n) is 4.06. The molecule has 0 aromatic heterocycles. The zero-order valence-electron chi connectivity index (χ0n) is 17.2. The quantitative estimate of drug-likeness (QED) is 0.609. The summed E-state index contributed by atoms with van der Waals surface area (Å²) in [5.41, 5.74) is 2.66. The summed E-state index contributed by atoms with van der Waals surface area (Å²) < 4.78 is 0. The molecule has 1 saturated heterocycles. The SMILES string of the molecule is O=C(NC(c1ccccc1)c1ccccc1)[C@H]1CCCN(C(=O)c2ccc(Cl)cc2)C1. The van der Waals surface area contributed by atoms with Crippen molar-refractivity contribution >= 4 is 23.4 Å². The molecule has 158 valence electrons. The Morgan fingerprint density at radius 3 is 2.03 bits per heavy atom. The largest absolute Gasteiger partial charge is 0.345 e. The molecule has 5 heteroatoms. The van der Waals surface area contributed by atoms with Crippen molar-refractivity contribution in [1.82, 2.24) is 10.2 Å². The van der Waals surface area contributed by atoms with Gasteiger partial charge < -0.3 is 10.2 Å². The number of hydrogen-bond donors (Lipinski definition) is 1. The number of benzene rings is 3. The Balaban J connectivity index is 1.48. The van der Waals surface area contributed by atoms with Gasteiger partial charge >= 0.3 is 0 Å². The van der Waals surface area contributed by atoms with Gasteiger partial charge in [-0.15, -0.1) is 0 Å². The number of carbonyl (C=O) groups is 2. The Kier molecular flexibility index (Phi) is 6.68. The summed E-state index contributed by atoms with van der Waals surface area (Å²) in [5, 5.41) is 3.83. The van der Waals surface area contributed by atoms with E-state index in [1.807, 2.05) is 60.7 Å². The van der Waals surface area contributed by atoms with Crippen LogP contribution in [0.2, 0.25) is 5.02 Å². The highest BCUT2D eigenvalue weighted by Crippen LogP contribution is 2.25. The molecule has 1 atom stereocenters. The summed E-state index contributed by atoms with van der Waals surface area (Å²) in [5.74, 6) is -0.317. The van der Waals surface area contributed by atoms with E-state index >= 15 is 0 Å². The molecule has 2 amide bonds. The van der Waals surface area contributed by atoms with Crippen molar-refractivity contribution < 1.29 is 9.59 Å². The van der Waals surface area contributed by atoms with Gasteiger partial charge in [-0.3, -0.25) is 9.59 Å². The molecule has 4 rings (SSSR count). The lowest BCUT2D eigenvalue weighted by Gasteiger charge is -2.33. The second-order valence-corrected chi connectivity index (χ2v) is 8.30. The van der Waals surface area contributed by atoms with E-state index in [0.29, 0.717) is 23.7 Å². The standard InChI is InChI=1S/C26H25ClN2O2/c27-23-15-13-21(14-16-23)26(31)29-17-7-12-22(18-29)25(30)28-24(19-8-3-1-4-9-19)20-10-5-2-6-11-20/h1-6,8-11,13-16,22,24H,7,12,17-18H2,(H,28,30)/t22-/m0/s1. The smallest absolute Gasteiger partial charge is 0.253 e. The van der Waals surface area contributed by atoms with Crippen LogP contribution in [0.4, 0.5) is 0 Å². The number of nitrogens with one attached hydrogen (secondary N) is 1. The average Bonchev–Trinajstić information content (AvgIpc) is 2.83. The molecule has 4 nitrogen and oxygen atoms in total. The van der Waals surface area contributed by atoms with E-state index in [1.165, 1.54) is 0 Å². The number of piperidine rings is 1. The summed E-state index contributed by atoms with van der Waals surface area (Å²) in [6.45, 7) is 1.08. The average molecular weight is 433 g/mol. The zero-order chi connectivity index (χ0) is 21.6. The van der Waals surface area contributed by atoms with Crippen LogP contribution in [0, 0.1) is 5.92 Å². The number of hydrogen-bond acceptors (Lipinski definition) is 2. The van der Waals surface area contributed by atoms with Crippen LogP contribution in [0.5, 0.6) is 0 Å². The van der Waals surface area contributed by atoms with Crippen LogP contribution in [0.1, 0.15) is 40.4 Å². The predicted molar refractivity (Wildman–Crippen MR) is 123 cm³/mol. The van der Waals surface area contributed by atoms with E-state index in [0.717, 1.165) is 24.0 Å². The van der Waals surface area contributed by atoms with E-state index in [1.54, 1.807) is 29.2 Å². The monoisotopic (exact) mass is 432 g/mol. The van der Waals surface area contributed by atoms with Crippen molar-refractivity contribution in [2.45, 2.75) is 18.9 Å². The first-order valence-electron chi connectivity index (χ1n) is 10.6. The van der Waals surface area contributed by atoms with Gasteiger partial charge in [0.1, 0.15) is 0 Å². The third-order valence-electron chi connectivity index (χ3n) is 5.72. The van der Waals surface area contributed by atoms with Crippen LogP contribution >= 0.6 is 11.6 Å². The third-order valence-corrected chi connectivity index (χ3v) is 5.97. The number of carbonyl (C=O) groups excluding carboxylic acids is 2. The lowest BCUT2D eigenvalue weighted by Crippen LogP contribution is -2.46. The molecular formula is C26H25ClN2O2. The van der Waals surface area contributed by atoms with Crippen molar-refractivity contribution in [3.8, 4) is 0 Å². The van der Waals surface area contributed by atoms with Gasteiger partial charge in [0.2, 0.25) is 5.91 Å². The molecule has 0 unspecified atom stereocenters. The molecule has 0 radical (unpaired) electrons. The van der Waals surface area contributed by atoms with Gasteiger partial charge in [-0.1, -0.05) is 72.3 Å². The Morgan fingerprint density at radius 1 is 0.871 bits per heavy atom. The second-order valence-electron chi connectivity index (χ2n) is 7.86. The normalized spacial score (nSPS) is 16.2. The summed E-state index contributed by atoms with van der Waals surface area (Å²) in [4.78, 5) is 27.9. The van der Waals surface area contributed by atoms with Gasteiger partial charge in [0, 0.05) is 23.7 Å². The van der Waals surface area contributed by atoms with E-state index < -0.39 is 0 Å². The maximum absolute atomic E-state index is 13.2. The predicted octanol–water partition coefficient (Wildman–Crippen LogP) is 5.10. The van der Waals surface area contributed by atoms with Crippen molar-refractivity contribution in [3.63, 3.8) is 0 Å². The summed E-state index contributed by atoms with van der Waals surface area (Å²) in [6.07, 6.45) is 1.57. The third kappa shape index (κ3) is 5.15. The molecule has 3 aromatic rings. The molecule has 31 heavy (non-hydrogen) atoms. The van der Waals surface area contributed by atoms with Gasteiger partial charge in [0.25, 0.3) is 5.91 Å². The highest BCUT2D eigenvalue weighted by atomic mass is 35.5.